The lowest BCUT2D eigenvalue weighted by Crippen LogP contribution is -2.67. The van der Waals surface area contributed by atoms with Gasteiger partial charge in [0.25, 0.3) is 6.01 Å². The van der Waals surface area contributed by atoms with Crippen molar-refractivity contribution in [2.45, 2.75) is 44.4 Å². The molecule has 2 saturated heterocycles. The number of ether oxygens (including phenoxy) is 1. The fourth-order valence-electron chi connectivity index (χ4n) is 4.58. The Morgan fingerprint density at radius 2 is 2.13 bits per heavy atom. The van der Waals surface area contributed by atoms with Gasteiger partial charge in [-0.1, -0.05) is 6.07 Å². The molecule has 1 aromatic carbocycles. The normalized spacial score (nSPS) is 33.8. The van der Waals surface area contributed by atoms with Crippen molar-refractivity contribution >= 4 is 17.1 Å². The fraction of sp³-hybridized carbons (Fsp3) is 0.611. The molecule has 0 amide bonds. The molecule has 2 aromatic rings. The van der Waals surface area contributed by atoms with Gasteiger partial charge in [0.15, 0.2) is 5.58 Å². The number of nitrogens with one attached hydrogen (secondary N) is 1. The van der Waals surface area contributed by atoms with Crippen molar-refractivity contribution in [1.82, 2.24) is 9.88 Å². The molecule has 3 aliphatic rings. The van der Waals surface area contributed by atoms with Crippen LogP contribution in [0.1, 0.15) is 24.8 Å². The number of oxazole rings is 1. The molecule has 2 aliphatic heterocycles. The van der Waals surface area contributed by atoms with E-state index in [-0.39, 0.29) is 0 Å². The second-order valence-electron chi connectivity index (χ2n) is 7.18. The lowest BCUT2D eigenvalue weighted by Gasteiger charge is -2.51. The molecule has 0 unspecified atom stereocenters. The summed E-state index contributed by atoms with van der Waals surface area (Å²) in [5.74, 6) is 0.595. The summed E-state index contributed by atoms with van der Waals surface area (Å²) in [5.41, 5.74) is 3.00. The maximum absolute atomic E-state index is 5.99. The quantitative estimate of drug-likeness (QED) is 0.944. The Bertz CT molecular complexity index is 717. The lowest BCUT2D eigenvalue weighted by molar-refractivity contribution is -0.0608. The zero-order valence-electron chi connectivity index (χ0n) is 13.5. The smallest absolute Gasteiger partial charge is 0.295 e. The van der Waals surface area contributed by atoms with Crippen molar-refractivity contribution in [2.75, 3.05) is 25.0 Å². The van der Waals surface area contributed by atoms with E-state index in [0.717, 1.165) is 24.1 Å². The van der Waals surface area contributed by atoms with Gasteiger partial charge in [0, 0.05) is 12.5 Å². The molecule has 122 valence electrons. The van der Waals surface area contributed by atoms with Crippen LogP contribution in [0.2, 0.25) is 0 Å². The van der Waals surface area contributed by atoms with Crippen LogP contribution in [0.5, 0.6) is 0 Å². The van der Waals surface area contributed by atoms with Crippen LogP contribution < -0.4 is 5.32 Å². The molecular weight excluding hydrogens is 290 g/mol. The van der Waals surface area contributed by atoms with E-state index in [1.807, 2.05) is 6.07 Å². The van der Waals surface area contributed by atoms with Gasteiger partial charge in [-0.15, -0.1) is 0 Å². The van der Waals surface area contributed by atoms with E-state index >= 15 is 0 Å². The van der Waals surface area contributed by atoms with E-state index in [0.29, 0.717) is 30.1 Å². The molecule has 5 heteroatoms. The standard InChI is InChI=1S/C18H23N3O2/c1-11-4-5-14-13(10-11)19-18(23-14)20-15-12-6-9-22-17(12)16(15)21-7-2-3-8-21/h4-5,10,12,15-17H,2-3,6-9H2,1H3,(H,19,20)/t12-,15+,16-,17-/m1/s1. The first-order chi connectivity index (χ1) is 11.3. The molecular formula is C18H23N3O2. The van der Waals surface area contributed by atoms with E-state index in [4.69, 9.17) is 9.15 Å². The van der Waals surface area contributed by atoms with Crippen LogP contribution in [-0.2, 0) is 4.74 Å². The van der Waals surface area contributed by atoms with E-state index in [9.17, 15) is 0 Å². The first-order valence-electron chi connectivity index (χ1n) is 8.79. The molecule has 0 bridgehead atoms. The van der Waals surface area contributed by atoms with E-state index in [1.165, 1.54) is 31.5 Å². The van der Waals surface area contributed by atoms with Gasteiger partial charge in [-0.2, -0.15) is 4.98 Å². The molecule has 1 aliphatic carbocycles. The summed E-state index contributed by atoms with van der Waals surface area (Å²) in [6.07, 6.45) is 4.16. The predicted molar refractivity (Wildman–Crippen MR) is 88.6 cm³/mol. The monoisotopic (exact) mass is 313 g/mol. The van der Waals surface area contributed by atoms with E-state index in [1.54, 1.807) is 0 Å². The molecule has 5 nitrogen and oxygen atoms in total. The van der Waals surface area contributed by atoms with Crippen molar-refractivity contribution in [3.8, 4) is 0 Å². The van der Waals surface area contributed by atoms with Crippen LogP contribution in [0.15, 0.2) is 22.6 Å². The van der Waals surface area contributed by atoms with Gasteiger partial charge in [0.1, 0.15) is 5.52 Å². The Balaban J connectivity index is 1.40. The van der Waals surface area contributed by atoms with Crippen LogP contribution in [0, 0.1) is 12.8 Å². The minimum Gasteiger partial charge on any atom is -0.424 e. The number of rotatable bonds is 3. The summed E-state index contributed by atoms with van der Waals surface area (Å²) < 4.78 is 11.9. The second kappa shape index (κ2) is 5.21. The predicted octanol–water partition coefficient (Wildman–Crippen LogP) is 2.80. The summed E-state index contributed by atoms with van der Waals surface area (Å²) in [5, 5.41) is 3.59. The third-order valence-corrected chi connectivity index (χ3v) is 5.74. The molecule has 1 aromatic heterocycles. The third kappa shape index (κ3) is 2.17. The summed E-state index contributed by atoms with van der Waals surface area (Å²) >= 11 is 0. The van der Waals surface area contributed by atoms with Gasteiger partial charge in [-0.3, -0.25) is 4.90 Å². The van der Waals surface area contributed by atoms with Crippen molar-refractivity contribution in [3.05, 3.63) is 23.8 Å². The SMILES string of the molecule is Cc1ccc2oc(N[C@H]3[C@H]4CCO[C@H]4[C@@H]3N3CCCC3)nc2c1. The number of nitrogens with zero attached hydrogens (tertiary/aromatic N) is 2. The van der Waals surface area contributed by atoms with Crippen molar-refractivity contribution in [2.24, 2.45) is 5.92 Å². The van der Waals surface area contributed by atoms with Crippen molar-refractivity contribution in [3.63, 3.8) is 0 Å². The van der Waals surface area contributed by atoms with Gasteiger partial charge in [0.05, 0.1) is 18.2 Å². The van der Waals surface area contributed by atoms with Crippen LogP contribution >= 0.6 is 0 Å². The lowest BCUT2D eigenvalue weighted by atomic mass is 9.71. The molecule has 5 rings (SSSR count). The minimum absolute atomic E-state index is 0.398. The minimum atomic E-state index is 0.398. The highest BCUT2D eigenvalue weighted by Gasteiger charge is 2.56. The number of hydrogen-bond donors (Lipinski definition) is 1. The Labute approximate surface area is 136 Å². The Kier molecular flexibility index (Phi) is 3.13. The maximum Gasteiger partial charge on any atom is 0.295 e. The van der Waals surface area contributed by atoms with Crippen LogP contribution in [0.4, 0.5) is 6.01 Å². The highest BCUT2D eigenvalue weighted by molar-refractivity contribution is 5.75. The van der Waals surface area contributed by atoms with E-state index in [2.05, 4.69) is 34.3 Å². The second-order valence-corrected chi connectivity index (χ2v) is 7.18. The number of anilines is 1. The molecule has 23 heavy (non-hydrogen) atoms. The van der Waals surface area contributed by atoms with Crippen LogP contribution in [-0.4, -0.2) is 47.8 Å². The zero-order valence-corrected chi connectivity index (χ0v) is 13.5. The molecule has 3 fully saturated rings. The number of hydrogen-bond acceptors (Lipinski definition) is 5. The molecule has 1 N–H and O–H groups in total. The average Bonchev–Trinajstić information content (AvgIpc) is 3.24. The molecule has 0 spiro atoms. The van der Waals surface area contributed by atoms with Crippen molar-refractivity contribution in [1.29, 1.82) is 0 Å². The molecule has 4 atom stereocenters. The number of likely N-dealkylation sites (tertiary alicyclic amines) is 1. The molecule has 3 heterocycles. The van der Waals surface area contributed by atoms with Gasteiger partial charge in [0.2, 0.25) is 0 Å². The van der Waals surface area contributed by atoms with Gasteiger partial charge >= 0.3 is 0 Å². The van der Waals surface area contributed by atoms with Crippen LogP contribution in [0.3, 0.4) is 0 Å². The molecule has 0 radical (unpaired) electrons. The summed E-state index contributed by atoms with van der Waals surface area (Å²) in [4.78, 5) is 7.23. The van der Waals surface area contributed by atoms with Gasteiger partial charge in [-0.25, -0.2) is 0 Å². The van der Waals surface area contributed by atoms with Crippen molar-refractivity contribution < 1.29 is 9.15 Å². The Hall–Kier alpha value is -1.59. The number of benzene rings is 1. The summed E-state index contributed by atoms with van der Waals surface area (Å²) in [7, 11) is 0. The Morgan fingerprint density at radius 3 is 3.00 bits per heavy atom. The highest BCUT2D eigenvalue weighted by Crippen LogP contribution is 2.44. The first kappa shape index (κ1) is 13.8. The topological polar surface area (TPSA) is 50.5 Å². The number of aromatic nitrogens is 1. The number of fused-ring (bicyclic) bond motifs is 2. The van der Waals surface area contributed by atoms with Crippen LogP contribution in [0.25, 0.3) is 11.1 Å². The Morgan fingerprint density at radius 1 is 1.26 bits per heavy atom. The maximum atomic E-state index is 5.99. The summed E-state index contributed by atoms with van der Waals surface area (Å²) in [6.45, 7) is 5.37. The first-order valence-corrected chi connectivity index (χ1v) is 8.79. The third-order valence-electron chi connectivity index (χ3n) is 5.74. The highest BCUT2D eigenvalue weighted by atomic mass is 16.5. The van der Waals surface area contributed by atoms with Gasteiger partial charge < -0.3 is 14.5 Å². The number of aryl methyl sites for hydroxylation is 1. The largest absolute Gasteiger partial charge is 0.424 e. The van der Waals surface area contributed by atoms with E-state index < -0.39 is 0 Å². The fourth-order valence-corrected chi connectivity index (χ4v) is 4.58. The van der Waals surface area contributed by atoms with Gasteiger partial charge in [-0.05, 0) is 57.0 Å². The summed E-state index contributed by atoms with van der Waals surface area (Å²) in [6, 6.07) is 7.67. The zero-order chi connectivity index (χ0) is 15.4. The average molecular weight is 313 g/mol. The molecule has 1 saturated carbocycles.